The van der Waals surface area contributed by atoms with Gasteiger partial charge in [0.1, 0.15) is 5.25 Å². The molecular weight excluding hydrogens is 442 g/mol. The smallest absolute Gasteiger partial charge is 0.260 e. The number of aryl methyl sites for hydroxylation is 1. The molecule has 0 aromatic heterocycles. The number of carbonyl (C=O) groups excluding carboxylic acids is 3. The highest BCUT2D eigenvalue weighted by atomic mass is 32.2. The number of hydrogen-bond donors (Lipinski definition) is 2. The first-order chi connectivity index (χ1) is 15.9. The minimum atomic E-state index is -0.603. The van der Waals surface area contributed by atoms with Crippen LogP contribution in [0.2, 0.25) is 0 Å². The van der Waals surface area contributed by atoms with Crippen LogP contribution in [0.25, 0.3) is 0 Å². The Morgan fingerprint density at radius 2 is 1.76 bits per heavy atom. The van der Waals surface area contributed by atoms with Crippen molar-refractivity contribution in [2.75, 3.05) is 26.1 Å². The predicted octanol–water partition coefficient (Wildman–Crippen LogP) is 3.13. The van der Waals surface area contributed by atoms with Crippen molar-refractivity contribution >= 4 is 40.2 Å². The highest BCUT2D eigenvalue weighted by Crippen LogP contribution is 2.28. The number of amides is 3. The number of thioether (sulfide) groups is 1. The molecule has 0 saturated heterocycles. The van der Waals surface area contributed by atoms with Crippen molar-refractivity contribution in [1.82, 2.24) is 5.32 Å². The molecule has 33 heavy (non-hydrogen) atoms. The van der Waals surface area contributed by atoms with Gasteiger partial charge in [-0.1, -0.05) is 35.5 Å². The van der Waals surface area contributed by atoms with E-state index in [-0.39, 0.29) is 30.6 Å². The third-order valence-corrected chi connectivity index (χ3v) is 6.15. The van der Waals surface area contributed by atoms with Crippen LogP contribution in [0, 0.1) is 6.92 Å². The Morgan fingerprint density at radius 3 is 2.45 bits per heavy atom. The summed E-state index contributed by atoms with van der Waals surface area (Å²) in [6.07, 6.45) is 0.627. The van der Waals surface area contributed by atoms with Crippen molar-refractivity contribution in [2.45, 2.75) is 31.4 Å². The van der Waals surface area contributed by atoms with Crippen LogP contribution >= 0.6 is 11.8 Å². The van der Waals surface area contributed by atoms with Gasteiger partial charge in [-0.3, -0.25) is 14.4 Å². The molecule has 1 atom stereocenters. The standard InChI is InChI=1S/C24H27N3O5S/c1-15-4-7-17(8-5-15)26-22(29)14-23-27-24(30)20(33-23)13-21(28)25-11-10-16-6-9-18(31-2)19(12-16)32-3/h4-9,12,20H,10-11,13-14H2,1-3H3,(H,25,28)(H,26,29)/t20-/m1/s1. The molecule has 8 nitrogen and oxygen atoms in total. The third-order valence-electron chi connectivity index (χ3n) is 4.99. The molecule has 174 valence electrons. The van der Waals surface area contributed by atoms with E-state index in [1.165, 1.54) is 11.8 Å². The zero-order valence-electron chi connectivity index (χ0n) is 18.8. The lowest BCUT2D eigenvalue weighted by Gasteiger charge is -2.11. The number of carbonyl (C=O) groups is 3. The number of nitrogens with zero attached hydrogens (tertiary/aromatic N) is 1. The lowest BCUT2D eigenvalue weighted by Crippen LogP contribution is -2.29. The monoisotopic (exact) mass is 469 g/mol. The average Bonchev–Trinajstić information content (AvgIpc) is 3.13. The van der Waals surface area contributed by atoms with Crippen LogP contribution in [0.3, 0.4) is 0 Å². The maximum atomic E-state index is 12.3. The number of anilines is 1. The minimum Gasteiger partial charge on any atom is -0.493 e. The zero-order chi connectivity index (χ0) is 23.8. The van der Waals surface area contributed by atoms with Gasteiger partial charge >= 0.3 is 0 Å². The van der Waals surface area contributed by atoms with Gasteiger partial charge in [-0.05, 0) is 43.2 Å². The molecule has 0 bridgehead atoms. The lowest BCUT2D eigenvalue weighted by atomic mass is 10.1. The maximum absolute atomic E-state index is 12.3. The summed E-state index contributed by atoms with van der Waals surface area (Å²) in [4.78, 5) is 40.7. The van der Waals surface area contributed by atoms with E-state index in [1.54, 1.807) is 14.2 Å². The average molecular weight is 470 g/mol. The molecule has 0 spiro atoms. The van der Waals surface area contributed by atoms with E-state index in [9.17, 15) is 14.4 Å². The predicted molar refractivity (Wildman–Crippen MR) is 129 cm³/mol. The number of ether oxygens (including phenoxy) is 2. The fourth-order valence-electron chi connectivity index (χ4n) is 3.25. The SMILES string of the molecule is COc1ccc(CCNC(=O)C[C@H]2SC(CC(=O)Nc3ccc(C)cc3)=NC2=O)cc1OC. The summed E-state index contributed by atoms with van der Waals surface area (Å²) in [6, 6.07) is 13.0. The van der Waals surface area contributed by atoms with Gasteiger partial charge in [0, 0.05) is 18.7 Å². The van der Waals surface area contributed by atoms with Crippen molar-refractivity contribution in [1.29, 1.82) is 0 Å². The Hall–Kier alpha value is -3.33. The molecule has 0 unspecified atom stereocenters. The van der Waals surface area contributed by atoms with Gasteiger partial charge in [0.2, 0.25) is 11.8 Å². The molecule has 2 aromatic rings. The second-order valence-electron chi connectivity index (χ2n) is 7.53. The Morgan fingerprint density at radius 1 is 1.03 bits per heavy atom. The number of aliphatic imine (C=N–C) groups is 1. The molecule has 0 saturated carbocycles. The topological polar surface area (TPSA) is 106 Å². The minimum absolute atomic E-state index is 0.00169. The van der Waals surface area contributed by atoms with E-state index in [2.05, 4.69) is 15.6 Å². The van der Waals surface area contributed by atoms with Gasteiger partial charge in [-0.15, -0.1) is 0 Å². The molecule has 2 N–H and O–H groups in total. The van der Waals surface area contributed by atoms with Crippen molar-refractivity contribution in [3.8, 4) is 11.5 Å². The van der Waals surface area contributed by atoms with Crippen LogP contribution in [0.4, 0.5) is 5.69 Å². The lowest BCUT2D eigenvalue weighted by molar-refractivity contribution is -0.124. The number of rotatable bonds is 10. The quantitative estimate of drug-likeness (QED) is 0.554. The Kier molecular flexibility index (Phi) is 8.48. The molecule has 0 radical (unpaired) electrons. The van der Waals surface area contributed by atoms with Gasteiger partial charge in [0.25, 0.3) is 5.91 Å². The molecule has 0 aliphatic carbocycles. The van der Waals surface area contributed by atoms with Crippen LogP contribution < -0.4 is 20.1 Å². The number of nitrogens with one attached hydrogen (secondary N) is 2. The van der Waals surface area contributed by atoms with Gasteiger partial charge in [0.05, 0.1) is 25.7 Å². The van der Waals surface area contributed by atoms with E-state index in [1.807, 2.05) is 49.4 Å². The summed E-state index contributed by atoms with van der Waals surface area (Å²) in [6.45, 7) is 2.39. The highest BCUT2D eigenvalue weighted by molar-refractivity contribution is 8.15. The van der Waals surface area contributed by atoms with Crippen molar-refractivity contribution in [3.05, 3.63) is 53.6 Å². The highest BCUT2D eigenvalue weighted by Gasteiger charge is 2.31. The van der Waals surface area contributed by atoms with E-state index >= 15 is 0 Å². The summed E-state index contributed by atoms with van der Waals surface area (Å²) < 4.78 is 10.5. The van der Waals surface area contributed by atoms with Crippen LogP contribution in [0.1, 0.15) is 24.0 Å². The molecule has 9 heteroatoms. The summed E-state index contributed by atoms with van der Waals surface area (Å²) in [7, 11) is 3.15. The number of hydrogen-bond acceptors (Lipinski definition) is 6. The second-order valence-corrected chi connectivity index (χ2v) is 8.81. The molecule has 1 heterocycles. The number of methoxy groups -OCH3 is 2. The maximum Gasteiger partial charge on any atom is 0.260 e. The normalized spacial score (nSPS) is 15.1. The zero-order valence-corrected chi connectivity index (χ0v) is 19.7. The number of benzene rings is 2. The Bertz CT molecular complexity index is 1050. The molecular formula is C24H27N3O5S. The fraction of sp³-hybridized carbons (Fsp3) is 0.333. The molecule has 1 aliphatic heterocycles. The van der Waals surface area contributed by atoms with Crippen molar-refractivity contribution < 1.29 is 23.9 Å². The van der Waals surface area contributed by atoms with Crippen molar-refractivity contribution in [2.24, 2.45) is 4.99 Å². The van der Waals surface area contributed by atoms with Gasteiger partial charge < -0.3 is 20.1 Å². The first kappa shape index (κ1) is 24.3. The van der Waals surface area contributed by atoms with Crippen LogP contribution in [-0.2, 0) is 20.8 Å². The van der Waals surface area contributed by atoms with Crippen LogP contribution in [-0.4, -0.2) is 48.8 Å². The Labute approximate surface area is 197 Å². The third kappa shape index (κ3) is 7.08. The molecule has 3 amide bonds. The van der Waals surface area contributed by atoms with Gasteiger partial charge in [-0.2, -0.15) is 0 Å². The van der Waals surface area contributed by atoms with E-state index in [0.717, 1.165) is 11.1 Å². The van der Waals surface area contributed by atoms with E-state index in [4.69, 9.17) is 9.47 Å². The Balaban J connectivity index is 1.41. The first-order valence-electron chi connectivity index (χ1n) is 10.5. The summed E-state index contributed by atoms with van der Waals surface area (Å²) in [5.74, 6) is 0.406. The summed E-state index contributed by atoms with van der Waals surface area (Å²) in [5.41, 5.74) is 2.77. The first-order valence-corrected chi connectivity index (χ1v) is 11.4. The van der Waals surface area contributed by atoms with Gasteiger partial charge in [0.15, 0.2) is 11.5 Å². The summed E-state index contributed by atoms with van der Waals surface area (Å²) in [5, 5.41) is 5.44. The van der Waals surface area contributed by atoms with Gasteiger partial charge in [-0.25, -0.2) is 4.99 Å². The second kappa shape index (κ2) is 11.5. The largest absolute Gasteiger partial charge is 0.493 e. The van der Waals surface area contributed by atoms with Crippen LogP contribution in [0.5, 0.6) is 11.5 Å². The summed E-state index contributed by atoms with van der Waals surface area (Å²) >= 11 is 1.18. The fourth-order valence-corrected chi connectivity index (χ4v) is 4.32. The molecule has 0 fully saturated rings. The molecule has 2 aromatic carbocycles. The van der Waals surface area contributed by atoms with Crippen molar-refractivity contribution in [3.63, 3.8) is 0 Å². The van der Waals surface area contributed by atoms with E-state index in [0.29, 0.717) is 35.2 Å². The molecule has 3 rings (SSSR count). The molecule has 1 aliphatic rings. The van der Waals surface area contributed by atoms with Crippen LogP contribution in [0.15, 0.2) is 47.5 Å². The van der Waals surface area contributed by atoms with E-state index < -0.39 is 5.25 Å².